The number of nitrogens with zero attached hydrogens (tertiary/aromatic N) is 1. The molecule has 1 atom stereocenters. The van der Waals surface area contributed by atoms with E-state index in [-0.39, 0.29) is 24.8 Å². The number of hydrogen-bond acceptors (Lipinski definition) is 6. The first kappa shape index (κ1) is 22.4. The lowest BCUT2D eigenvalue weighted by atomic mass is 10.1. The summed E-state index contributed by atoms with van der Waals surface area (Å²) in [7, 11) is 0. The van der Waals surface area contributed by atoms with Gasteiger partial charge in [0.1, 0.15) is 18.4 Å². The van der Waals surface area contributed by atoms with Crippen LogP contribution in [0.5, 0.6) is 5.75 Å². The van der Waals surface area contributed by atoms with Crippen LogP contribution in [-0.4, -0.2) is 61.6 Å². The molecule has 1 aliphatic heterocycles. The minimum absolute atomic E-state index is 0.00397. The second-order valence-electron chi connectivity index (χ2n) is 7.02. The molecule has 0 spiro atoms. The summed E-state index contributed by atoms with van der Waals surface area (Å²) in [6, 6.07) is 6.34. The van der Waals surface area contributed by atoms with Gasteiger partial charge >= 0.3 is 5.97 Å². The van der Waals surface area contributed by atoms with E-state index in [2.05, 4.69) is 17.2 Å². The van der Waals surface area contributed by atoms with Crippen LogP contribution in [0.15, 0.2) is 36.4 Å². The first-order chi connectivity index (χ1) is 13.9. The predicted octanol–water partition coefficient (Wildman–Crippen LogP) is 1.72. The Labute approximate surface area is 171 Å². The fraction of sp³-hybridized carbons (Fsp3) is 0.476. The van der Waals surface area contributed by atoms with Crippen molar-refractivity contribution in [1.82, 2.24) is 10.2 Å². The summed E-state index contributed by atoms with van der Waals surface area (Å²) >= 11 is 0. The quantitative estimate of drug-likeness (QED) is 0.456. The summed E-state index contributed by atoms with van der Waals surface area (Å²) in [4.78, 5) is 38.4. The predicted molar refractivity (Wildman–Crippen MR) is 110 cm³/mol. The van der Waals surface area contributed by atoms with Gasteiger partial charge < -0.3 is 20.1 Å². The number of anilines is 1. The third-order valence-corrected chi connectivity index (χ3v) is 4.22. The van der Waals surface area contributed by atoms with E-state index in [1.54, 1.807) is 29.2 Å². The number of piperazine rings is 1. The summed E-state index contributed by atoms with van der Waals surface area (Å²) in [5, 5.41) is 5.54. The molecule has 158 valence electrons. The van der Waals surface area contributed by atoms with Gasteiger partial charge in [-0.15, -0.1) is 0 Å². The van der Waals surface area contributed by atoms with Gasteiger partial charge in [0.05, 0.1) is 19.6 Å². The summed E-state index contributed by atoms with van der Waals surface area (Å²) in [5.74, 6) is -0.363. The van der Waals surface area contributed by atoms with Crippen LogP contribution in [0.2, 0.25) is 0 Å². The van der Waals surface area contributed by atoms with Crippen molar-refractivity contribution in [3.8, 4) is 5.75 Å². The third kappa shape index (κ3) is 7.57. The van der Waals surface area contributed by atoms with E-state index >= 15 is 0 Å². The molecule has 2 amide bonds. The normalized spacial score (nSPS) is 16.6. The van der Waals surface area contributed by atoms with Crippen molar-refractivity contribution in [3.05, 3.63) is 36.4 Å². The van der Waals surface area contributed by atoms with Crippen molar-refractivity contribution in [2.24, 2.45) is 0 Å². The fourth-order valence-electron chi connectivity index (χ4n) is 2.86. The van der Waals surface area contributed by atoms with E-state index in [0.29, 0.717) is 44.2 Å². The van der Waals surface area contributed by atoms with E-state index in [9.17, 15) is 14.4 Å². The lowest BCUT2D eigenvalue weighted by molar-refractivity contribution is -0.148. The van der Waals surface area contributed by atoms with Gasteiger partial charge in [-0.05, 0) is 31.1 Å². The molecule has 29 heavy (non-hydrogen) atoms. The Kier molecular flexibility index (Phi) is 8.67. The average Bonchev–Trinajstić information content (AvgIpc) is 2.67. The maximum absolute atomic E-state index is 12.5. The Morgan fingerprint density at radius 2 is 2.17 bits per heavy atom. The molecule has 0 saturated carbocycles. The first-order valence-electron chi connectivity index (χ1n) is 9.73. The molecule has 0 radical (unpaired) electrons. The number of benzene rings is 1. The van der Waals surface area contributed by atoms with Gasteiger partial charge in [0.15, 0.2) is 0 Å². The molecule has 1 fully saturated rings. The van der Waals surface area contributed by atoms with Gasteiger partial charge in [0, 0.05) is 24.8 Å². The lowest BCUT2D eigenvalue weighted by Gasteiger charge is -2.33. The summed E-state index contributed by atoms with van der Waals surface area (Å²) in [6.45, 7) is 9.18. The van der Waals surface area contributed by atoms with E-state index in [1.807, 2.05) is 13.8 Å². The van der Waals surface area contributed by atoms with E-state index in [0.717, 1.165) is 5.57 Å². The minimum atomic E-state index is -0.718. The molecule has 1 aliphatic rings. The number of carbonyl (C=O) groups excluding carboxylic acids is 3. The van der Waals surface area contributed by atoms with Crippen LogP contribution in [0.1, 0.15) is 26.7 Å². The molecule has 2 rings (SSSR count). The summed E-state index contributed by atoms with van der Waals surface area (Å²) in [5.41, 5.74) is 1.49. The Bertz CT molecular complexity index is 750. The van der Waals surface area contributed by atoms with Crippen molar-refractivity contribution in [1.29, 1.82) is 0 Å². The number of hydrogen-bond donors (Lipinski definition) is 2. The van der Waals surface area contributed by atoms with Crippen LogP contribution in [0, 0.1) is 0 Å². The van der Waals surface area contributed by atoms with Crippen LogP contribution >= 0.6 is 0 Å². The second kappa shape index (κ2) is 11.2. The van der Waals surface area contributed by atoms with Gasteiger partial charge in [-0.2, -0.15) is 0 Å². The maximum atomic E-state index is 12.5. The topological polar surface area (TPSA) is 97.0 Å². The first-order valence-corrected chi connectivity index (χ1v) is 9.73. The number of rotatable bonds is 10. The van der Waals surface area contributed by atoms with Crippen molar-refractivity contribution >= 4 is 23.5 Å². The molecule has 0 bridgehead atoms. The molecule has 1 unspecified atom stereocenters. The fourth-order valence-corrected chi connectivity index (χ4v) is 2.86. The van der Waals surface area contributed by atoms with Crippen molar-refractivity contribution < 1.29 is 23.9 Å². The van der Waals surface area contributed by atoms with Gasteiger partial charge in [0.25, 0.3) is 0 Å². The molecule has 1 aromatic carbocycles. The van der Waals surface area contributed by atoms with Crippen molar-refractivity contribution in [2.45, 2.75) is 32.7 Å². The third-order valence-electron chi connectivity index (χ3n) is 4.22. The smallest absolute Gasteiger partial charge is 0.307 e. The van der Waals surface area contributed by atoms with E-state index < -0.39 is 12.0 Å². The zero-order chi connectivity index (χ0) is 21.2. The molecule has 1 heterocycles. The highest BCUT2D eigenvalue weighted by molar-refractivity contribution is 5.93. The highest BCUT2D eigenvalue weighted by Gasteiger charge is 2.33. The van der Waals surface area contributed by atoms with Gasteiger partial charge in [0.2, 0.25) is 11.8 Å². The largest absolute Gasteiger partial charge is 0.489 e. The molecule has 1 saturated heterocycles. The Balaban J connectivity index is 1.95. The number of amides is 2. The molecule has 2 N–H and O–H groups in total. The molecular weight excluding hydrogens is 374 g/mol. The van der Waals surface area contributed by atoms with Crippen LogP contribution in [0.25, 0.3) is 0 Å². The minimum Gasteiger partial charge on any atom is -0.489 e. The zero-order valence-electron chi connectivity index (χ0n) is 17.0. The Morgan fingerprint density at radius 1 is 1.38 bits per heavy atom. The van der Waals surface area contributed by atoms with Crippen LogP contribution in [-0.2, 0) is 19.1 Å². The summed E-state index contributed by atoms with van der Waals surface area (Å²) in [6.07, 6.45) is 0.632. The SMILES string of the molecule is C=C(C)COc1cccc(NC(=O)CN2CCNC(=O)C2CC(=O)OCCC)c1. The van der Waals surface area contributed by atoms with Crippen LogP contribution < -0.4 is 15.4 Å². The zero-order valence-corrected chi connectivity index (χ0v) is 17.0. The monoisotopic (exact) mass is 403 g/mol. The molecular formula is C21H29N3O5. The average molecular weight is 403 g/mol. The lowest BCUT2D eigenvalue weighted by Crippen LogP contribution is -2.57. The summed E-state index contributed by atoms with van der Waals surface area (Å²) < 4.78 is 10.7. The molecule has 1 aromatic rings. The van der Waals surface area contributed by atoms with Gasteiger partial charge in [-0.25, -0.2) is 0 Å². The highest BCUT2D eigenvalue weighted by Crippen LogP contribution is 2.18. The highest BCUT2D eigenvalue weighted by atomic mass is 16.5. The van der Waals surface area contributed by atoms with Crippen LogP contribution in [0.3, 0.4) is 0 Å². The standard InChI is InChI=1S/C21H29N3O5/c1-4-10-28-20(26)12-18-21(27)22-8-9-24(18)13-19(25)23-16-6-5-7-17(11-16)29-14-15(2)3/h5-7,11,18H,2,4,8-10,12-14H2,1,3H3,(H,22,27)(H,23,25). The molecule has 0 aliphatic carbocycles. The molecule has 0 aromatic heterocycles. The van der Waals surface area contributed by atoms with Gasteiger partial charge in [-0.3, -0.25) is 19.3 Å². The Hall–Kier alpha value is -2.87. The van der Waals surface area contributed by atoms with Gasteiger partial charge in [-0.1, -0.05) is 19.6 Å². The molecule has 8 nitrogen and oxygen atoms in total. The second-order valence-corrected chi connectivity index (χ2v) is 7.02. The van der Waals surface area contributed by atoms with Crippen LogP contribution in [0.4, 0.5) is 5.69 Å². The number of carbonyl (C=O) groups is 3. The van der Waals surface area contributed by atoms with Crippen molar-refractivity contribution in [3.63, 3.8) is 0 Å². The number of ether oxygens (including phenoxy) is 2. The molecule has 8 heteroatoms. The van der Waals surface area contributed by atoms with E-state index in [1.165, 1.54) is 0 Å². The van der Waals surface area contributed by atoms with E-state index in [4.69, 9.17) is 9.47 Å². The number of nitrogens with one attached hydrogen (secondary N) is 2. The van der Waals surface area contributed by atoms with Crippen molar-refractivity contribution in [2.75, 3.05) is 38.2 Å². The number of esters is 1. The maximum Gasteiger partial charge on any atom is 0.307 e. The Morgan fingerprint density at radius 3 is 2.90 bits per heavy atom.